The average Bonchev–Trinajstić information content (AvgIpc) is 2.28. The van der Waals surface area contributed by atoms with E-state index in [4.69, 9.17) is 4.74 Å². The maximum absolute atomic E-state index is 5.53. The van der Waals surface area contributed by atoms with Gasteiger partial charge in [0.1, 0.15) is 5.75 Å². The Morgan fingerprint density at radius 2 is 1.83 bits per heavy atom. The minimum atomic E-state index is 0.175. The molecular formula is C16H25BrO. The van der Waals surface area contributed by atoms with Crippen molar-refractivity contribution in [3.8, 4) is 5.75 Å². The Balaban J connectivity index is 3.29. The van der Waals surface area contributed by atoms with Gasteiger partial charge in [0.25, 0.3) is 0 Å². The van der Waals surface area contributed by atoms with Crippen LogP contribution in [0.15, 0.2) is 18.2 Å². The summed E-state index contributed by atoms with van der Waals surface area (Å²) < 4.78 is 5.53. The fourth-order valence-corrected chi connectivity index (χ4v) is 3.21. The SMILES string of the molecule is COc1ccc(C(C)(C)C)cc1C(CBr)C(C)C. The Morgan fingerprint density at radius 3 is 2.22 bits per heavy atom. The second-order valence-electron chi connectivity index (χ2n) is 6.21. The van der Waals surface area contributed by atoms with Gasteiger partial charge in [-0.05, 0) is 34.4 Å². The lowest BCUT2D eigenvalue weighted by molar-refractivity contribution is 0.399. The molecule has 0 saturated heterocycles. The van der Waals surface area contributed by atoms with E-state index in [2.05, 4.69) is 68.7 Å². The summed E-state index contributed by atoms with van der Waals surface area (Å²) >= 11 is 3.64. The van der Waals surface area contributed by atoms with Crippen LogP contribution in [0.3, 0.4) is 0 Å². The number of benzene rings is 1. The fourth-order valence-electron chi connectivity index (χ4n) is 2.11. The molecule has 18 heavy (non-hydrogen) atoms. The van der Waals surface area contributed by atoms with E-state index in [1.807, 2.05) is 0 Å². The van der Waals surface area contributed by atoms with Gasteiger partial charge in [-0.25, -0.2) is 0 Å². The third-order valence-electron chi connectivity index (χ3n) is 3.47. The Labute approximate surface area is 120 Å². The van der Waals surface area contributed by atoms with E-state index in [0.29, 0.717) is 11.8 Å². The monoisotopic (exact) mass is 312 g/mol. The molecule has 0 aromatic heterocycles. The van der Waals surface area contributed by atoms with Gasteiger partial charge < -0.3 is 4.74 Å². The van der Waals surface area contributed by atoms with Crippen LogP contribution in [0.5, 0.6) is 5.75 Å². The number of rotatable bonds is 4. The normalized spacial score (nSPS) is 13.8. The van der Waals surface area contributed by atoms with Gasteiger partial charge in [0.05, 0.1) is 7.11 Å². The summed E-state index contributed by atoms with van der Waals surface area (Å²) in [5.41, 5.74) is 2.86. The van der Waals surface area contributed by atoms with Gasteiger partial charge in [0.15, 0.2) is 0 Å². The van der Waals surface area contributed by atoms with Crippen molar-refractivity contribution in [2.75, 3.05) is 12.4 Å². The summed E-state index contributed by atoms with van der Waals surface area (Å²) in [6.45, 7) is 11.3. The van der Waals surface area contributed by atoms with E-state index < -0.39 is 0 Å². The van der Waals surface area contributed by atoms with Crippen LogP contribution in [0.1, 0.15) is 51.7 Å². The Bertz CT molecular complexity index is 391. The minimum Gasteiger partial charge on any atom is -0.496 e. The van der Waals surface area contributed by atoms with Crippen LogP contribution >= 0.6 is 15.9 Å². The molecule has 2 heteroatoms. The first-order valence-corrected chi connectivity index (χ1v) is 7.67. The maximum Gasteiger partial charge on any atom is 0.122 e. The second-order valence-corrected chi connectivity index (χ2v) is 6.86. The molecule has 0 aliphatic rings. The van der Waals surface area contributed by atoms with E-state index in [-0.39, 0.29) is 5.41 Å². The van der Waals surface area contributed by atoms with Crippen molar-refractivity contribution >= 4 is 15.9 Å². The van der Waals surface area contributed by atoms with Gasteiger partial charge in [-0.15, -0.1) is 0 Å². The standard InChI is InChI=1S/C16H25BrO/c1-11(2)14(10-17)13-9-12(16(3,4)5)7-8-15(13)18-6/h7-9,11,14H,10H2,1-6H3. The molecular weight excluding hydrogens is 288 g/mol. The maximum atomic E-state index is 5.53. The smallest absolute Gasteiger partial charge is 0.122 e. The van der Waals surface area contributed by atoms with Crippen molar-refractivity contribution in [1.82, 2.24) is 0 Å². The zero-order valence-electron chi connectivity index (χ0n) is 12.4. The van der Waals surface area contributed by atoms with E-state index in [0.717, 1.165) is 11.1 Å². The molecule has 1 aromatic carbocycles. The molecule has 0 N–H and O–H groups in total. The van der Waals surface area contributed by atoms with Gasteiger partial charge in [-0.1, -0.05) is 62.7 Å². The Kier molecular flexibility index (Phi) is 5.27. The van der Waals surface area contributed by atoms with Crippen molar-refractivity contribution in [3.05, 3.63) is 29.3 Å². The molecule has 1 rings (SSSR count). The molecule has 0 radical (unpaired) electrons. The average molecular weight is 313 g/mol. The third kappa shape index (κ3) is 3.50. The highest BCUT2D eigenvalue weighted by atomic mass is 79.9. The number of alkyl halides is 1. The highest BCUT2D eigenvalue weighted by molar-refractivity contribution is 9.09. The number of methoxy groups -OCH3 is 1. The van der Waals surface area contributed by atoms with E-state index in [9.17, 15) is 0 Å². The molecule has 0 saturated carbocycles. The van der Waals surface area contributed by atoms with Crippen molar-refractivity contribution in [3.63, 3.8) is 0 Å². The zero-order valence-corrected chi connectivity index (χ0v) is 14.0. The molecule has 1 nitrogen and oxygen atoms in total. The third-order valence-corrected chi connectivity index (χ3v) is 4.16. The molecule has 0 aliphatic heterocycles. The van der Waals surface area contributed by atoms with Crippen molar-refractivity contribution in [2.24, 2.45) is 5.92 Å². The van der Waals surface area contributed by atoms with E-state index >= 15 is 0 Å². The Morgan fingerprint density at radius 1 is 1.22 bits per heavy atom. The lowest BCUT2D eigenvalue weighted by atomic mass is 9.82. The summed E-state index contributed by atoms with van der Waals surface area (Å²) in [4.78, 5) is 0. The van der Waals surface area contributed by atoms with Crippen molar-refractivity contribution < 1.29 is 4.74 Å². The predicted molar refractivity (Wildman–Crippen MR) is 83.1 cm³/mol. The molecule has 1 atom stereocenters. The lowest BCUT2D eigenvalue weighted by Crippen LogP contribution is -2.15. The van der Waals surface area contributed by atoms with Gasteiger partial charge >= 0.3 is 0 Å². The predicted octanol–water partition coefficient (Wildman–Crippen LogP) is 5.13. The van der Waals surface area contributed by atoms with Crippen LogP contribution in [0.4, 0.5) is 0 Å². The van der Waals surface area contributed by atoms with Crippen molar-refractivity contribution in [1.29, 1.82) is 0 Å². The summed E-state index contributed by atoms with van der Waals surface area (Å²) in [6.07, 6.45) is 0. The molecule has 0 fully saturated rings. The summed E-state index contributed by atoms with van der Waals surface area (Å²) in [5, 5.41) is 0.967. The van der Waals surface area contributed by atoms with Crippen LogP contribution in [-0.2, 0) is 5.41 Å². The second kappa shape index (κ2) is 6.10. The molecule has 1 unspecified atom stereocenters. The summed E-state index contributed by atoms with van der Waals surface area (Å²) in [7, 11) is 1.75. The number of hydrogen-bond acceptors (Lipinski definition) is 1. The molecule has 0 aliphatic carbocycles. The quantitative estimate of drug-likeness (QED) is 0.700. The lowest BCUT2D eigenvalue weighted by Gasteiger charge is -2.25. The van der Waals surface area contributed by atoms with E-state index in [1.54, 1.807) is 7.11 Å². The zero-order chi connectivity index (χ0) is 13.9. The van der Waals surface area contributed by atoms with E-state index in [1.165, 1.54) is 11.1 Å². The van der Waals surface area contributed by atoms with Gasteiger partial charge in [-0.3, -0.25) is 0 Å². The first kappa shape index (κ1) is 15.6. The van der Waals surface area contributed by atoms with Crippen LogP contribution in [0.2, 0.25) is 0 Å². The summed E-state index contributed by atoms with van der Waals surface area (Å²) in [6, 6.07) is 6.59. The molecule has 0 bridgehead atoms. The number of ether oxygens (including phenoxy) is 1. The molecule has 1 aromatic rings. The Hall–Kier alpha value is -0.500. The van der Waals surface area contributed by atoms with Crippen LogP contribution < -0.4 is 4.74 Å². The van der Waals surface area contributed by atoms with Crippen LogP contribution in [0, 0.1) is 5.92 Å². The van der Waals surface area contributed by atoms with Crippen LogP contribution in [0.25, 0.3) is 0 Å². The summed E-state index contributed by atoms with van der Waals surface area (Å²) in [5.74, 6) is 2.08. The molecule has 0 amide bonds. The van der Waals surface area contributed by atoms with Crippen molar-refractivity contribution in [2.45, 2.75) is 46.0 Å². The van der Waals surface area contributed by atoms with Crippen LogP contribution in [-0.4, -0.2) is 12.4 Å². The minimum absolute atomic E-state index is 0.175. The topological polar surface area (TPSA) is 9.23 Å². The van der Waals surface area contributed by atoms with Gasteiger partial charge in [0.2, 0.25) is 0 Å². The molecule has 102 valence electrons. The van der Waals surface area contributed by atoms with Gasteiger partial charge in [-0.2, -0.15) is 0 Å². The first-order valence-electron chi connectivity index (χ1n) is 6.55. The van der Waals surface area contributed by atoms with Gasteiger partial charge in [0, 0.05) is 5.33 Å². The number of hydrogen-bond donors (Lipinski definition) is 0. The highest BCUT2D eigenvalue weighted by Gasteiger charge is 2.22. The first-order chi connectivity index (χ1) is 8.31. The molecule has 0 heterocycles. The fraction of sp³-hybridized carbons (Fsp3) is 0.625. The highest BCUT2D eigenvalue weighted by Crippen LogP contribution is 2.36. The largest absolute Gasteiger partial charge is 0.496 e. The number of halogens is 1. The molecule has 0 spiro atoms.